The molecule has 3 aromatic rings. The highest BCUT2D eigenvalue weighted by atomic mass is 16.5. The molecule has 0 unspecified atom stereocenters. The lowest BCUT2D eigenvalue weighted by Crippen LogP contribution is -2.47. The van der Waals surface area contributed by atoms with E-state index in [1.54, 1.807) is 6.20 Å². The average molecular weight is 447 g/mol. The summed E-state index contributed by atoms with van der Waals surface area (Å²) >= 11 is 0. The smallest absolute Gasteiger partial charge is 0.253 e. The van der Waals surface area contributed by atoms with Crippen molar-refractivity contribution >= 4 is 28.3 Å². The Balaban J connectivity index is 1.27. The van der Waals surface area contributed by atoms with Crippen molar-refractivity contribution in [3.05, 3.63) is 60.4 Å². The third kappa shape index (κ3) is 4.91. The van der Waals surface area contributed by atoms with Crippen LogP contribution in [0.4, 0.5) is 11.6 Å². The first-order valence-corrected chi connectivity index (χ1v) is 11.7. The monoisotopic (exact) mass is 446 g/mol. The molecule has 0 aliphatic carbocycles. The van der Waals surface area contributed by atoms with Crippen molar-refractivity contribution < 1.29 is 9.53 Å². The molecule has 4 heterocycles. The number of amides is 1. The van der Waals surface area contributed by atoms with Crippen molar-refractivity contribution in [3.63, 3.8) is 0 Å². The van der Waals surface area contributed by atoms with Crippen LogP contribution >= 0.6 is 0 Å². The molecule has 0 saturated carbocycles. The first-order valence-electron chi connectivity index (χ1n) is 11.7. The van der Waals surface area contributed by atoms with Gasteiger partial charge in [-0.3, -0.25) is 9.69 Å². The van der Waals surface area contributed by atoms with Gasteiger partial charge in [-0.1, -0.05) is 30.3 Å². The van der Waals surface area contributed by atoms with Gasteiger partial charge >= 0.3 is 0 Å². The number of fused-ring (bicyclic) bond motifs is 1. The highest BCUT2D eigenvalue weighted by Crippen LogP contribution is 2.28. The Kier molecular flexibility index (Phi) is 6.64. The standard InChI is InChI=1S/C25H30N6O2/c32-25(27-9-10-29-15-17-33-18-16-29)22-19-28-24(21-6-2-1-5-20(21)22)31-13-11-30(12-14-31)23-7-3-4-8-26-23/h1-8,19H,9-18H2,(H,27,32). The zero-order chi connectivity index (χ0) is 22.5. The molecule has 0 atom stereocenters. The van der Waals surface area contributed by atoms with E-state index in [1.165, 1.54) is 0 Å². The summed E-state index contributed by atoms with van der Waals surface area (Å²) in [5.74, 6) is 1.88. The molecule has 2 aromatic heterocycles. The van der Waals surface area contributed by atoms with Crippen LogP contribution in [0.3, 0.4) is 0 Å². The number of ether oxygens (including phenoxy) is 1. The number of nitrogens with zero attached hydrogens (tertiary/aromatic N) is 5. The van der Waals surface area contributed by atoms with E-state index in [0.717, 1.165) is 81.4 Å². The number of anilines is 2. The maximum Gasteiger partial charge on any atom is 0.253 e. The van der Waals surface area contributed by atoms with E-state index < -0.39 is 0 Å². The predicted octanol–water partition coefficient (Wildman–Crippen LogP) is 2.02. The molecule has 2 aliphatic heterocycles. The van der Waals surface area contributed by atoms with Crippen molar-refractivity contribution in [1.29, 1.82) is 0 Å². The fourth-order valence-corrected chi connectivity index (χ4v) is 4.55. The number of morpholine rings is 1. The van der Waals surface area contributed by atoms with E-state index in [9.17, 15) is 4.79 Å². The van der Waals surface area contributed by atoms with Gasteiger partial charge in [-0.05, 0) is 17.5 Å². The number of rotatable bonds is 6. The van der Waals surface area contributed by atoms with E-state index in [-0.39, 0.29) is 5.91 Å². The lowest BCUT2D eigenvalue weighted by atomic mass is 10.1. The van der Waals surface area contributed by atoms with Crippen LogP contribution < -0.4 is 15.1 Å². The fraction of sp³-hybridized carbons (Fsp3) is 0.400. The number of benzene rings is 1. The quantitative estimate of drug-likeness (QED) is 0.621. The second-order valence-electron chi connectivity index (χ2n) is 8.41. The number of piperazine rings is 1. The van der Waals surface area contributed by atoms with Gasteiger partial charge in [-0.25, -0.2) is 9.97 Å². The molecule has 8 nitrogen and oxygen atoms in total. The Hall–Kier alpha value is -3.23. The second-order valence-corrected chi connectivity index (χ2v) is 8.41. The maximum absolute atomic E-state index is 13.0. The van der Waals surface area contributed by atoms with Gasteiger partial charge < -0.3 is 19.9 Å². The number of hydrogen-bond acceptors (Lipinski definition) is 7. The third-order valence-electron chi connectivity index (χ3n) is 6.39. The number of hydrogen-bond donors (Lipinski definition) is 1. The van der Waals surface area contributed by atoms with E-state index in [0.29, 0.717) is 12.1 Å². The minimum absolute atomic E-state index is 0.0709. The van der Waals surface area contributed by atoms with Crippen molar-refractivity contribution in [2.24, 2.45) is 0 Å². The Bertz CT molecular complexity index is 1080. The summed E-state index contributed by atoms with van der Waals surface area (Å²) in [5, 5.41) is 5.03. The molecule has 0 radical (unpaired) electrons. The van der Waals surface area contributed by atoms with Crippen molar-refractivity contribution in [2.75, 3.05) is 75.4 Å². The fourth-order valence-electron chi connectivity index (χ4n) is 4.55. The van der Waals surface area contributed by atoms with E-state index in [1.807, 2.05) is 36.5 Å². The Labute approximate surface area is 194 Å². The lowest BCUT2D eigenvalue weighted by molar-refractivity contribution is 0.0383. The highest BCUT2D eigenvalue weighted by Gasteiger charge is 2.22. The largest absolute Gasteiger partial charge is 0.379 e. The summed E-state index contributed by atoms with van der Waals surface area (Å²) in [6, 6.07) is 14.1. The van der Waals surface area contributed by atoms with Crippen LogP contribution in [0.5, 0.6) is 0 Å². The van der Waals surface area contributed by atoms with E-state index in [2.05, 4.69) is 37.1 Å². The summed E-state index contributed by atoms with van der Waals surface area (Å²) in [4.78, 5) is 29.1. The first-order chi connectivity index (χ1) is 16.3. The molecule has 8 heteroatoms. The van der Waals surface area contributed by atoms with Gasteiger partial charge in [0.1, 0.15) is 11.6 Å². The van der Waals surface area contributed by atoms with Crippen molar-refractivity contribution in [1.82, 2.24) is 20.2 Å². The molecule has 0 spiro atoms. The van der Waals surface area contributed by atoms with Gasteiger partial charge in [0.2, 0.25) is 0 Å². The Morgan fingerprint density at radius 3 is 2.36 bits per heavy atom. The molecule has 172 valence electrons. The van der Waals surface area contributed by atoms with Gasteiger partial charge in [0.15, 0.2) is 0 Å². The van der Waals surface area contributed by atoms with Crippen LogP contribution in [-0.4, -0.2) is 86.3 Å². The summed E-state index contributed by atoms with van der Waals surface area (Å²) < 4.78 is 5.39. The molecule has 2 aliphatic rings. The van der Waals surface area contributed by atoms with E-state index >= 15 is 0 Å². The number of nitrogens with one attached hydrogen (secondary N) is 1. The molecule has 5 rings (SSSR count). The minimum Gasteiger partial charge on any atom is -0.379 e. The molecule has 0 bridgehead atoms. The first kappa shape index (κ1) is 21.6. The maximum atomic E-state index is 13.0. The summed E-state index contributed by atoms with van der Waals surface area (Å²) in [5.41, 5.74) is 0.628. The Morgan fingerprint density at radius 1 is 0.879 bits per heavy atom. The second kappa shape index (κ2) is 10.1. The number of aromatic nitrogens is 2. The van der Waals surface area contributed by atoms with Gasteiger partial charge in [0.05, 0.1) is 18.8 Å². The van der Waals surface area contributed by atoms with Crippen molar-refractivity contribution in [2.45, 2.75) is 0 Å². The zero-order valence-electron chi connectivity index (χ0n) is 18.8. The third-order valence-corrected chi connectivity index (χ3v) is 6.39. The number of carbonyl (C=O) groups excluding carboxylic acids is 1. The van der Waals surface area contributed by atoms with Crippen LogP contribution in [0.15, 0.2) is 54.9 Å². The van der Waals surface area contributed by atoms with Crippen LogP contribution in [-0.2, 0) is 4.74 Å². The normalized spacial score (nSPS) is 17.3. The topological polar surface area (TPSA) is 73.8 Å². The zero-order valence-corrected chi connectivity index (χ0v) is 18.8. The van der Waals surface area contributed by atoms with Crippen LogP contribution in [0.2, 0.25) is 0 Å². The van der Waals surface area contributed by atoms with Gasteiger partial charge in [-0.2, -0.15) is 0 Å². The van der Waals surface area contributed by atoms with Gasteiger partial charge in [0.25, 0.3) is 5.91 Å². The van der Waals surface area contributed by atoms with Crippen LogP contribution in [0.1, 0.15) is 10.4 Å². The van der Waals surface area contributed by atoms with Crippen LogP contribution in [0, 0.1) is 0 Å². The predicted molar refractivity (Wildman–Crippen MR) is 130 cm³/mol. The lowest BCUT2D eigenvalue weighted by Gasteiger charge is -2.36. The molecule has 33 heavy (non-hydrogen) atoms. The summed E-state index contributed by atoms with van der Waals surface area (Å²) in [6.45, 7) is 8.31. The Morgan fingerprint density at radius 2 is 1.61 bits per heavy atom. The molecule has 1 amide bonds. The van der Waals surface area contributed by atoms with Crippen LogP contribution in [0.25, 0.3) is 10.8 Å². The van der Waals surface area contributed by atoms with Gasteiger partial charge in [-0.15, -0.1) is 0 Å². The number of pyridine rings is 2. The summed E-state index contributed by atoms with van der Waals surface area (Å²) in [6.07, 6.45) is 3.56. The molecule has 2 fully saturated rings. The highest BCUT2D eigenvalue weighted by molar-refractivity contribution is 6.09. The summed E-state index contributed by atoms with van der Waals surface area (Å²) in [7, 11) is 0. The molecule has 1 N–H and O–H groups in total. The average Bonchev–Trinajstić information content (AvgIpc) is 2.89. The number of carbonyl (C=O) groups is 1. The molecule has 2 saturated heterocycles. The van der Waals surface area contributed by atoms with E-state index in [4.69, 9.17) is 9.72 Å². The minimum atomic E-state index is -0.0709. The van der Waals surface area contributed by atoms with Crippen molar-refractivity contribution in [3.8, 4) is 0 Å². The SMILES string of the molecule is O=C(NCCN1CCOCC1)c1cnc(N2CCN(c3ccccn3)CC2)c2ccccc12. The van der Waals surface area contributed by atoms with Gasteiger partial charge in [0, 0.05) is 70.1 Å². The molecular formula is C25H30N6O2. The molecular weight excluding hydrogens is 416 g/mol. The molecule has 1 aromatic carbocycles.